The fraction of sp³-hybridized carbons (Fsp3) is 0.136. The van der Waals surface area contributed by atoms with Crippen LogP contribution >= 0.6 is 0 Å². The third kappa shape index (κ3) is 4.54. The lowest BCUT2D eigenvalue weighted by atomic mass is 10.1. The van der Waals surface area contributed by atoms with Gasteiger partial charge in [-0.25, -0.2) is 4.79 Å². The Bertz CT molecular complexity index is 1020. The van der Waals surface area contributed by atoms with Gasteiger partial charge in [0, 0.05) is 10.9 Å². The molecule has 0 bridgehead atoms. The van der Waals surface area contributed by atoms with Gasteiger partial charge >= 0.3 is 6.09 Å². The molecule has 28 heavy (non-hydrogen) atoms. The van der Waals surface area contributed by atoms with Crippen LogP contribution in [0.25, 0.3) is 10.8 Å². The Labute approximate surface area is 162 Å². The third-order valence-electron chi connectivity index (χ3n) is 4.05. The summed E-state index contributed by atoms with van der Waals surface area (Å²) in [4.78, 5) is 29.3. The van der Waals surface area contributed by atoms with E-state index < -0.39 is 6.09 Å². The van der Waals surface area contributed by atoms with E-state index in [1.54, 1.807) is 30.3 Å². The molecule has 142 valence electrons. The lowest BCUT2D eigenvalue weighted by Crippen LogP contribution is -2.15. The van der Waals surface area contributed by atoms with E-state index in [0.29, 0.717) is 23.6 Å². The minimum Gasteiger partial charge on any atom is -0.494 e. The van der Waals surface area contributed by atoms with E-state index in [2.05, 4.69) is 10.5 Å². The average Bonchev–Trinajstić information content (AvgIpc) is 2.72. The van der Waals surface area contributed by atoms with Crippen molar-refractivity contribution in [3.8, 4) is 5.75 Å². The summed E-state index contributed by atoms with van der Waals surface area (Å²) in [6.07, 6.45) is -0.768. The van der Waals surface area contributed by atoms with Gasteiger partial charge in [-0.2, -0.15) is 0 Å². The second-order valence-electron chi connectivity index (χ2n) is 5.99. The Hall–Kier alpha value is -3.67. The molecule has 1 amide bonds. The standard InChI is InChI=1S/C22H20N2O4/c1-3-27-18-13-11-17(12-14-18)21(25)15(2)24-28-22(26)23-20-10-6-8-16-7-4-5-9-19(16)20/h4-14H,3H2,1-2H3,(H,23,26)/b24-15+. The molecule has 0 unspecified atom stereocenters. The maximum absolute atomic E-state index is 12.4. The van der Waals surface area contributed by atoms with Crippen LogP contribution in [0.1, 0.15) is 24.2 Å². The largest absolute Gasteiger partial charge is 0.494 e. The molecular weight excluding hydrogens is 356 g/mol. The Kier molecular flexibility index (Phi) is 6.01. The van der Waals surface area contributed by atoms with Crippen molar-refractivity contribution in [3.63, 3.8) is 0 Å². The summed E-state index contributed by atoms with van der Waals surface area (Å²) in [6, 6.07) is 19.9. The summed E-state index contributed by atoms with van der Waals surface area (Å²) in [5, 5.41) is 8.18. The first-order chi connectivity index (χ1) is 13.6. The Morgan fingerprint density at radius 1 is 0.964 bits per heavy atom. The topological polar surface area (TPSA) is 77.0 Å². The number of anilines is 1. The van der Waals surface area contributed by atoms with Gasteiger partial charge in [0.15, 0.2) is 0 Å². The molecule has 1 N–H and O–H groups in total. The molecule has 3 aromatic rings. The van der Waals surface area contributed by atoms with E-state index in [4.69, 9.17) is 9.57 Å². The van der Waals surface area contributed by atoms with Crippen molar-refractivity contribution in [2.45, 2.75) is 13.8 Å². The van der Waals surface area contributed by atoms with Crippen LogP contribution in [0.4, 0.5) is 10.5 Å². The number of fused-ring (bicyclic) bond motifs is 1. The third-order valence-corrected chi connectivity index (χ3v) is 4.05. The summed E-state index contributed by atoms with van der Waals surface area (Å²) in [6.45, 7) is 3.92. The number of Topliss-reactive ketones (excluding diaryl/α,β-unsaturated/α-hetero) is 1. The van der Waals surface area contributed by atoms with Crippen molar-refractivity contribution in [3.05, 3.63) is 72.3 Å². The number of nitrogens with zero attached hydrogens (tertiary/aromatic N) is 1. The van der Waals surface area contributed by atoms with Crippen molar-refractivity contribution in [2.24, 2.45) is 5.16 Å². The summed E-state index contributed by atoms with van der Waals surface area (Å²) >= 11 is 0. The van der Waals surface area contributed by atoms with Crippen LogP contribution in [-0.2, 0) is 4.84 Å². The van der Waals surface area contributed by atoms with Gasteiger partial charge in [-0.3, -0.25) is 14.9 Å². The normalized spacial score (nSPS) is 11.1. The number of oxime groups is 1. The van der Waals surface area contributed by atoms with Crippen LogP contribution in [0.3, 0.4) is 0 Å². The summed E-state index contributed by atoms with van der Waals surface area (Å²) < 4.78 is 5.35. The molecular formula is C22H20N2O4. The van der Waals surface area contributed by atoms with Crippen molar-refractivity contribution >= 4 is 34.0 Å². The quantitative estimate of drug-likeness (QED) is 0.283. The second kappa shape index (κ2) is 8.81. The van der Waals surface area contributed by atoms with Gasteiger partial charge in [0.25, 0.3) is 0 Å². The number of hydrogen-bond acceptors (Lipinski definition) is 5. The van der Waals surface area contributed by atoms with Crippen molar-refractivity contribution in [1.82, 2.24) is 0 Å². The number of rotatable bonds is 6. The van der Waals surface area contributed by atoms with E-state index >= 15 is 0 Å². The highest BCUT2D eigenvalue weighted by atomic mass is 16.7. The minimum absolute atomic E-state index is 0.0669. The molecule has 0 saturated carbocycles. The molecule has 3 rings (SSSR count). The summed E-state index contributed by atoms with van der Waals surface area (Å²) in [5.41, 5.74) is 1.11. The van der Waals surface area contributed by atoms with Gasteiger partial charge in [0.2, 0.25) is 5.78 Å². The molecule has 3 aromatic carbocycles. The number of ether oxygens (including phenoxy) is 1. The Morgan fingerprint density at radius 3 is 2.43 bits per heavy atom. The van der Waals surface area contributed by atoms with Gasteiger partial charge < -0.3 is 4.74 Å². The van der Waals surface area contributed by atoms with Crippen LogP contribution in [-0.4, -0.2) is 24.2 Å². The molecule has 0 aliphatic carbocycles. The first-order valence-electron chi connectivity index (χ1n) is 8.86. The maximum Gasteiger partial charge on any atom is 0.437 e. The van der Waals surface area contributed by atoms with Gasteiger partial charge in [0.1, 0.15) is 11.5 Å². The maximum atomic E-state index is 12.4. The van der Waals surface area contributed by atoms with Crippen molar-refractivity contribution in [1.29, 1.82) is 0 Å². The van der Waals surface area contributed by atoms with Crippen LogP contribution in [0.15, 0.2) is 71.9 Å². The molecule has 6 heteroatoms. The highest BCUT2D eigenvalue weighted by molar-refractivity contribution is 6.45. The monoisotopic (exact) mass is 376 g/mol. The summed E-state index contributed by atoms with van der Waals surface area (Å²) in [5.74, 6) is 0.348. The zero-order valence-electron chi connectivity index (χ0n) is 15.6. The molecule has 0 aromatic heterocycles. The predicted molar refractivity (Wildman–Crippen MR) is 109 cm³/mol. The molecule has 0 heterocycles. The number of carbonyl (C=O) groups excluding carboxylic acids is 2. The highest BCUT2D eigenvalue weighted by Gasteiger charge is 2.12. The smallest absolute Gasteiger partial charge is 0.437 e. The fourth-order valence-electron chi connectivity index (χ4n) is 2.70. The van der Waals surface area contributed by atoms with E-state index in [1.165, 1.54) is 6.92 Å². The van der Waals surface area contributed by atoms with Crippen LogP contribution in [0, 0.1) is 0 Å². The fourth-order valence-corrected chi connectivity index (χ4v) is 2.70. The average molecular weight is 376 g/mol. The van der Waals surface area contributed by atoms with Gasteiger partial charge in [0.05, 0.1) is 12.3 Å². The predicted octanol–water partition coefficient (Wildman–Crippen LogP) is 5.05. The number of benzene rings is 3. The SMILES string of the molecule is CCOc1ccc(C(=O)/C(C)=N/OC(=O)Nc2cccc3ccccc23)cc1. The van der Waals surface area contributed by atoms with E-state index in [9.17, 15) is 9.59 Å². The zero-order chi connectivity index (χ0) is 19.9. The lowest BCUT2D eigenvalue weighted by Gasteiger charge is -2.07. The molecule has 0 radical (unpaired) electrons. The number of hydrogen-bond donors (Lipinski definition) is 1. The molecule has 0 saturated heterocycles. The van der Waals surface area contributed by atoms with Gasteiger partial charge in [-0.1, -0.05) is 41.6 Å². The van der Waals surface area contributed by atoms with E-state index in [-0.39, 0.29) is 11.5 Å². The number of amides is 1. The van der Waals surface area contributed by atoms with Crippen molar-refractivity contribution in [2.75, 3.05) is 11.9 Å². The molecule has 0 fully saturated rings. The van der Waals surface area contributed by atoms with Crippen LogP contribution < -0.4 is 10.1 Å². The first kappa shape index (κ1) is 19.1. The second-order valence-corrected chi connectivity index (χ2v) is 5.99. The lowest BCUT2D eigenvalue weighted by molar-refractivity contribution is 0.105. The van der Waals surface area contributed by atoms with Crippen LogP contribution in [0.5, 0.6) is 5.75 Å². The zero-order valence-corrected chi connectivity index (χ0v) is 15.6. The van der Waals surface area contributed by atoms with Crippen molar-refractivity contribution < 1.29 is 19.2 Å². The first-order valence-corrected chi connectivity index (χ1v) is 8.86. The van der Waals surface area contributed by atoms with Crippen LogP contribution in [0.2, 0.25) is 0 Å². The number of ketones is 1. The number of nitrogens with one attached hydrogen (secondary N) is 1. The molecule has 0 aliphatic rings. The van der Waals surface area contributed by atoms with E-state index in [1.807, 2.05) is 43.3 Å². The minimum atomic E-state index is -0.768. The van der Waals surface area contributed by atoms with E-state index in [0.717, 1.165) is 10.8 Å². The number of carbonyl (C=O) groups is 2. The van der Waals surface area contributed by atoms with Gasteiger partial charge in [-0.15, -0.1) is 0 Å². The molecule has 6 nitrogen and oxygen atoms in total. The molecule has 0 atom stereocenters. The summed E-state index contributed by atoms with van der Waals surface area (Å²) in [7, 11) is 0. The Morgan fingerprint density at radius 2 is 1.68 bits per heavy atom. The Balaban J connectivity index is 1.65. The molecule has 0 spiro atoms. The molecule has 0 aliphatic heterocycles. The highest BCUT2D eigenvalue weighted by Crippen LogP contribution is 2.23. The van der Waals surface area contributed by atoms with Gasteiger partial charge in [-0.05, 0) is 49.6 Å².